The fraction of sp³-hybridized carbons (Fsp3) is 0.214. The fourth-order valence-electron chi connectivity index (χ4n) is 1.71. The van der Waals surface area contributed by atoms with Crippen molar-refractivity contribution in [3.8, 4) is 10.4 Å². The van der Waals surface area contributed by atoms with Crippen LogP contribution in [-0.4, -0.2) is 5.91 Å². The first-order valence-electron chi connectivity index (χ1n) is 5.68. The van der Waals surface area contributed by atoms with E-state index < -0.39 is 0 Å². The van der Waals surface area contributed by atoms with Crippen LogP contribution in [0.4, 0.5) is 0 Å². The van der Waals surface area contributed by atoms with Crippen LogP contribution in [0.25, 0.3) is 10.4 Å². The summed E-state index contributed by atoms with van der Waals surface area (Å²) in [6.07, 6.45) is 2.24. The van der Waals surface area contributed by atoms with Crippen molar-refractivity contribution in [2.24, 2.45) is 5.73 Å². The van der Waals surface area contributed by atoms with Gasteiger partial charge >= 0.3 is 0 Å². The number of rotatable bonds is 5. The van der Waals surface area contributed by atoms with E-state index in [1.54, 1.807) is 11.3 Å². The molecule has 0 aliphatic rings. The molecule has 0 aliphatic heterocycles. The Bertz CT molecular complexity index is 490. The van der Waals surface area contributed by atoms with Crippen molar-refractivity contribution in [3.05, 3.63) is 47.3 Å². The molecule has 0 aliphatic carbocycles. The number of carbonyl (C=O) groups excluding carboxylic acids is 1. The normalized spacial score (nSPS) is 10.4. The Balaban J connectivity index is 1.99. The van der Waals surface area contributed by atoms with E-state index in [0.717, 1.165) is 12.8 Å². The first-order valence-corrected chi connectivity index (χ1v) is 6.50. The summed E-state index contributed by atoms with van der Waals surface area (Å²) in [5.74, 6) is -0.218. The van der Waals surface area contributed by atoms with Crippen LogP contribution in [0.15, 0.2) is 42.5 Å². The highest BCUT2D eigenvalue weighted by atomic mass is 32.1. The molecule has 17 heavy (non-hydrogen) atoms. The molecule has 1 aromatic carbocycles. The summed E-state index contributed by atoms with van der Waals surface area (Å²) in [6.45, 7) is 0. The van der Waals surface area contributed by atoms with Gasteiger partial charge in [-0.3, -0.25) is 4.79 Å². The minimum atomic E-state index is -0.218. The van der Waals surface area contributed by atoms with Gasteiger partial charge in [-0.15, -0.1) is 11.3 Å². The molecule has 0 saturated heterocycles. The first kappa shape index (κ1) is 11.9. The van der Waals surface area contributed by atoms with Crippen LogP contribution < -0.4 is 5.73 Å². The maximum absolute atomic E-state index is 10.6. The summed E-state index contributed by atoms with van der Waals surface area (Å²) in [5, 5.41) is 0. The van der Waals surface area contributed by atoms with Crippen molar-refractivity contribution in [1.82, 2.24) is 0 Å². The van der Waals surface area contributed by atoms with E-state index in [1.807, 2.05) is 18.2 Å². The number of benzene rings is 1. The molecule has 1 amide bonds. The van der Waals surface area contributed by atoms with E-state index in [0.29, 0.717) is 6.42 Å². The standard InChI is InChI=1S/C14H15NOS/c15-14(16)8-4-7-12-9-10-13(17-12)11-5-2-1-3-6-11/h1-3,5-6,9-10H,4,7-8H2,(H2,15,16). The summed E-state index contributed by atoms with van der Waals surface area (Å²) in [5.41, 5.74) is 6.37. The van der Waals surface area contributed by atoms with Crippen LogP contribution in [0.3, 0.4) is 0 Å². The van der Waals surface area contributed by atoms with Crippen molar-refractivity contribution < 1.29 is 4.79 Å². The van der Waals surface area contributed by atoms with Crippen LogP contribution in [0, 0.1) is 0 Å². The van der Waals surface area contributed by atoms with E-state index in [2.05, 4.69) is 24.3 Å². The molecular formula is C14H15NOS. The summed E-state index contributed by atoms with van der Waals surface area (Å²) >= 11 is 1.79. The number of amides is 1. The molecule has 88 valence electrons. The number of hydrogen-bond acceptors (Lipinski definition) is 2. The summed E-state index contributed by atoms with van der Waals surface area (Å²) in [7, 11) is 0. The van der Waals surface area contributed by atoms with Gasteiger partial charge in [0.25, 0.3) is 0 Å². The SMILES string of the molecule is NC(=O)CCCc1ccc(-c2ccccc2)s1. The van der Waals surface area contributed by atoms with Gasteiger partial charge in [0.05, 0.1) is 0 Å². The molecule has 3 heteroatoms. The van der Waals surface area contributed by atoms with Gasteiger partial charge in [-0.25, -0.2) is 0 Å². The topological polar surface area (TPSA) is 43.1 Å². The zero-order valence-corrected chi connectivity index (χ0v) is 10.4. The van der Waals surface area contributed by atoms with Crippen LogP contribution >= 0.6 is 11.3 Å². The third-order valence-corrected chi connectivity index (χ3v) is 3.76. The Labute approximate surface area is 105 Å². The number of carbonyl (C=O) groups is 1. The molecule has 0 saturated carbocycles. The second-order valence-electron chi connectivity index (χ2n) is 3.95. The average Bonchev–Trinajstić information content (AvgIpc) is 2.78. The molecule has 1 aromatic heterocycles. The predicted octanol–water partition coefficient (Wildman–Crippen LogP) is 3.22. The van der Waals surface area contributed by atoms with Crippen molar-refractivity contribution in [1.29, 1.82) is 0 Å². The molecule has 0 spiro atoms. The lowest BCUT2D eigenvalue weighted by Crippen LogP contribution is -2.09. The fourth-order valence-corrected chi connectivity index (χ4v) is 2.76. The van der Waals surface area contributed by atoms with Crippen molar-refractivity contribution >= 4 is 17.2 Å². The highest BCUT2D eigenvalue weighted by molar-refractivity contribution is 7.15. The maximum atomic E-state index is 10.6. The van der Waals surface area contributed by atoms with Gasteiger partial charge in [0, 0.05) is 16.2 Å². The van der Waals surface area contributed by atoms with Gasteiger partial charge in [0.1, 0.15) is 0 Å². The van der Waals surface area contributed by atoms with Crippen LogP contribution in [0.2, 0.25) is 0 Å². The van der Waals surface area contributed by atoms with Crippen LogP contribution in [0.1, 0.15) is 17.7 Å². The van der Waals surface area contributed by atoms with E-state index in [1.165, 1.54) is 15.3 Å². The summed E-state index contributed by atoms with van der Waals surface area (Å²) in [4.78, 5) is 13.2. The second kappa shape index (κ2) is 5.64. The quantitative estimate of drug-likeness (QED) is 0.863. The average molecular weight is 245 g/mol. The molecule has 2 N–H and O–H groups in total. The molecular weight excluding hydrogens is 230 g/mol. The van der Waals surface area contributed by atoms with E-state index in [-0.39, 0.29) is 5.91 Å². The molecule has 1 heterocycles. The Morgan fingerprint density at radius 3 is 2.59 bits per heavy atom. The van der Waals surface area contributed by atoms with Crippen LogP contribution in [-0.2, 0) is 11.2 Å². The van der Waals surface area contributed by atoms with Gasteiger partial charge in [-0.1, -0.05) is 30.3 Å². The lowest BCUT2D eigenvalue weighted by Gasteiger charge is -1.96. The lowest BCUT2D eigenvalue weighted by molar-refractivity contribution is -0.118. The van der Waals surface area contributed by atoms with Gasteiger partial charge in [0.2, 0.25) is 5.91 Å². The lowest BCUT2D eigenvalue weighted by atomic mass is 10.2. The van der Waals surface area contributed by atoms with Gasteiger partial charge < -0.3 is 5.73 Å². The Morgan fingerprint density at radius 1 is 1.12 bits per heavy atom. The molecule has 0 atom stereocenters. The number of aryl methyl sites for hydroxylation is 1. The molecule has 0 fully saturated rings. The minimum absolute atomic E-state index is 0.218. The molecule has 2 rings (SSSR count). The van der Waals surface area contributed by atoms with Crippen molar-refractivity contribution in [2.45, 2.75) is 19.3 Å². The van der Waals surface area contributed by atoms with Crippen molar-refractivity contribution in [3.63, 3.8) is 0 Å². The monoisotopic (exact) mass is 245 g/mol. The second-order valence-corrected chi connectivity index (χ2v) is 5.12. The van der Waals surface area contributed by atoms with E-state index in [9.17, 15) is 4.79 Å². The molecule has 2 nitrogen and oxygen atoms in total. The molecule has 0 bridgehead atoms. The third-order valence-electron chi connectivity index (χ3n) is 2.57. The zero-order chi connectivity index (χ0) is 12.1. The first-order chi connectivity index (χ1) is 8.25. The zero-order valence-electron chi connectivity index (χ0n) is 9.56. The Morgan fingerprint density at radius 2 is 1.88 bits per heavy atom. The van der Waals surface area contributed by atoms with E-state index in [4.69, 9.17) is 5.73 Å². The number of hydrogen-bond donors (Lipinski definition) is 1. The highest BCUT2D eigenvalue weighted by Gasteiger charge is 2.03. The Hall–Kier alpha value is -1.61. The maximum Gasteiger partial charge on any atom is 0.217 e. The summed E-state index contributed by atoms with van der Waals surface area (Å²) in [6, 6.07) is 14.6. The van der Waals surface area contributed by atoms with Gasteiger partial charge in [-0.05, 0) is 30.5 Å². The minimum Gasteiger partial charge on any atom is -0.370 e. The number of nitrogens with two attached hydrogens (primary N) is 1. The smallest absolute Gasteiger partial charge is 0.217 e. The number of primary amides is 1. The van der Waals surface area contributed by atoms with Crippen LogP contribution in [0.5, 0.6) is 0 Å². The van der Waals surface area contributed by atoms with Gasteiger partial charge in [0.15, 0.2) is 0 Å². The number of thiophene rings is 1. The highest BCUT2D eigenvalue weighted by Crippen LogP contribution is 2.28. The van der Waals surface area contributed by atoms with E-state index >= 15 is 0 Å². The predicted molar refractivity (Wildman–Crippen MR) is 71.9 cm³/mol. The molecule has 0 unspecified atom stereocenters. The van der Waals surface area contributed by atoms with Crippen molar-refractivity contribution in [2.75, 3.05) is 0 Å². The molecule has 2 aromatic rings. The third kappa shape index (κ3) is 3.43. The summed E-state index contributed by atoms with van der Waals surface area (Å²) < 4.78 is 0. The van der Waals surface area contributed by atoms with Gasteiger partial charge in [-0.2, -0.15) is 0 Å². The Kier molecular flexibility index (Phi) is 3.94. The largest absolute Gasteiger partial charge is 0.370 e. The molecule has 0 radical (unpaired) electrons.